The molecule has 0 spiro atoms. The van der Waals surface area contributed by atoms with E-state index in [1.807, 2.05) is 26.0 Å². The minimum atomic E-state index is -4.49. The zero-order valence-corrected chi connectivity index (χ0v) is 27.0. The molecule has 2 atom stereocenters. The molecule has 0 saturated carbocycles. The quantitative estimate of drug-likeness (QED) is 0.194. The molecule has 3 aromatic rings. The number of nitrogens with one attached hydrogen (secondary N) is 1. The fourth-order valence-corrected chi connectivity index (χ4v) is 6.11. The van der Waals surface area contributed by atoms with Crippen LogP contribution in [0.25, 0.3) is 0 Å². The van der Waals surface area contributed by atoms with Crippen molar-refractivity contribution < 1.29 is 27.7 Å². The van der Waals surface area contributed by atoms with Crippen molar-refractivity contribution in [1.82, 2.24) is 10.2 Å². The van der Waals surface area contributed by atoms with Crippen molar-refractivity contribution in [3.05, 3.63) is 92.4 Å². The van der Waals surface area contributed by atoms with Gasteiger partial charge in [-0.15, -0.1) is 0 Å². The van der Waals surface area contributed by atoms with Gasteiger partial charge in [-0.05, 0) is 75.2 Å². The summed E-state index contributed by atoms with van der Waals surface area (Å²) < 4.78 is 34.9. The van der Waals surface area contributed by atoms with E-state index in [-0.39, 0.29) is 40.3 Å². The zero-order chi connectivity index (χ0) is 31.9. The number of carbonyl (C=O) groups is 2. The molecule has 11 nitrogen and oxygen atoms in total. The summed E-state index contributed by atoms with van der Waals surface area (Å²) in [6.45, 7) is 6.22. The SMILES string of the molecule is CC[C@@H](C)NC(=O)[C@@H](C)N(Cc1cccc(Br)c1)C(=O)CN(c1ccc(OC)cc1)S(=O)(=O)c1ccc(C)c([N+](=O)[O-])c1. The van der Waals surface area contributed by atoms with E-state index in [0.717, 1.165) is 20.4 Å². The first-order valence-electron chi connectivity index (χ1n) is 13.5. The van der Waals surface area contributed by atoms with Crippen molar-refractivity contribution in [3.63, 3.8) is 0 Å². The maximum Gasteiger partial charge on any atom is 0.273 e. The molecule has 1 N–H and O–H groups in total. The highest BCUT2D eigenvalue weighted by molar-refractivity contribution is 9.10. The van der Waals surface area contributed by atoms with Crippen LogP contribution >= 0.6 is 15.9 Å². The Balaban J connectivity index is 2.09. The molecule has 0 aliphatic heterocycles. The van der Waals surface area contributed by atoms with Gasteiger partial charge in [0.15, 0.2) is 0 Å². The van der Waals surface area contributed by atoms with Crippen LogP contribution in [0.2, 0.25) is 0 Å². The first kappa shape index (κ1) is 33.5. The summed E-state index contributed by atoms with van der Waals surface area (Å²) in [5, 5.41) is 14.5. The van der Waals surface area contributed by atoms with Crippen LogP contribution in [0.1, 0.15) is 38.3 Å². The van der Waals surface area contributed by atoms with E-state index in [4.69, 9.17) is 4.74 Å². The number of hydrogen-bond donors (Lipinski definition) is 1. The minimum absolute atomic E-state index is 0.0276. The van der Waals surface area contributed by atoms with Crippen LogP contribution in [0.4, 0.5) is 11.4 Å². The summed E-state index contributed by atoms with van der Waals surface area (Å²) in [4.78, 5) is 39.1. The molecule has 0 aliphatic carbocycles. The van der Waals surface area contributed by atoms with E-state index >= 15 is 0 Å². The molecule has 0 aromatic heterocycles. The van der Waals surface area contributed by atoms with Gasteiger partial charge in [-0.1, -0.05) is 41.1 Å². The van der Waals surface area contributed by atoms with Crippen LogP contribution in [0, 0.1) is 17.0 Å². The Morgan fingerprint density at radius 3 is 2.33 bits per heavy atom. The first-order chi connectivity index (χ1) is 20.3. The molecule has 43 heavy (non-hydrogen) atoms. The molecular weight excluding hydrogens is 640 g/mol. The van der Waals surface area contributed by atoms with Crippen LogP contribution in [0.3, 0.4) is 0 Å². The number of carbonyl (C=O) groups excluding carboxylic acids is 2. The van der Waals surface area contributed by atoms with Crippen molar-refractivity contribution in [1.29, 1.82) is 0 Å². The first-order valence-corrected chi connectivity index (χ1v) is 15.8. The van der Waals surface area contributed by atoms with E-state index in [2.05, 4.69) is 21.2 Å². The summed E-state index contributed by atoms with van der Waals surface area (Å²) in [5.41, 5.74) is 0.779. The standard InChI is InChI=1S/C30H35BrN4O7S/c1-6-21(3)32-30(37)22(4)33(18-23-8-7-9-24(31)16-23)29(36)19-34(25-11-13-26(42-5)14-12-25)43(40,41)27-15-10-20(2)28(17-27)35(38)39/h7-17,21-22H,6,18-19H2,1-5H3,(H,32,37)/t21-,22-/m1/s1. The fraction of sp³-hybridized carbons (Fsp3) is 0.333. The number of anilines is 1. The lowest BCUT2D eigenvalue weighted by Gasteiger charge is -2.32. The van der Waals surface area contributed by atoms with Gasteiger partial charge >= 0.3 is 0 Å². The average molecular weight is 676 g/mol. The monoisotopic (exact) mass is 674 g/mol. The number of sulfonamides is 1. The normalized spacial score (nSPS) is 12.6. The molecule has 0 saturated heterocycles. The third kappa shape index (κ3) is 8.32. The van der Waals surface area contributed by atoms with Crippen LogP contribution in [0.15, 0.2) is 76.1 Å². The number of halogens is 1. The maximum absolute atomic E-state index is 14.0. The number of methoxy groups -OCH3 is 1. The van der Waals surface area contributed by atoms with E-state index in [0.29, 0.717) is 12.2 Å². The van der Waals surface area contributed by atoms with Gasteiger partial charge in [0.1, 0.15) is 18.3 Å². The Bertz CT molecular complexity index is 1580. The molecule has 3 rings (SSSR count). The van der Waals surface area contributed by atoms with Crippen molar-refractivity contribution in [3.8, 4) is 5.75 Å². The average Bonchev–Trinajstić information content (AvgIpc) is 2.98. The van der Waals surface area contributed by atoms with Crippen molar-refractivity contribution >= 4 is 49.1 Å². The number of amides is 2. The van der Waals surface area contributed by atoms with Crippen LogP contribution < -0.4 is 14.4 Å². The van der Waals surface area contributed by atoms with Gasteiger partial charge in [0.05, 0.1) is 22.6 Å². The Hall–Kier alpha value is -3.97. The number of benzene rings is 3. The third-order valence-corrected chi connectivity index (χ3v) is 9.28. The highest BCUT2D eigenvalue weighted by atomic mass is 79.9. The van der Waals surface area contributed by atoms with E-state index in [1.165, 1.54) is 43.2 Å². The second-order valence-electron chi connectivity index (χ2n) is 10.1. The van der Waals surface area contributed by atoms with Crippen molar-refractivity contribution in [2.45, 2.75) is 57.6 Å². The molecule has 13 heteroatoms. The highest BCUT2D eigenvalue weighted by Crippen LogP contribution is 2.29. The third-order valence-electron chi connectivity index (χ3n) is 7.01. The number of rotatable bonds is 13. The molecule has 230 valence electrons. The Morgan fingerprint density at radius 1 is 1.07 bits per heavy atom. The van der Waals surface area contributed by atoms with Gasteiger partial charge in [-0.25, -0.2) is 8.42 Å². The molecule has 2 amide bonds. The topological polar surface area (TPSA) is 139 Å². The van der Waals surface area contributed by atoms with Gasteiger partial charge in [0.2, 0.25) is 11.8 Å². The van der Waals surface area contributed by atoms with Gasteiger partial charge < -0.3 is 15.0 Å². The van der Waals surface area contributed by atoms with Crippen LogP contribution in [-0.4, -0.2) is 55.8 Å². The molecule has 0 heterocycles. The van der Waals surface area contributed by atoms with Gasteiger partial charge in [0, 0.05) is 28.7 Å². The second-order valence-corrected chi connectivity index (χ2v) is 12.8. The predicted octanol–water partition coefficient (Wildman–Crippen LogP) is 5.20. The Kier molecular flexibility index (Phi) is 11.3. The van der Waals surface area contributed by atoms with Gasteiger partial charge in [-0.2, -0.15) is 0 Å². The predicted molar refractivity (Wildman–Crippen MR) is 167 cm³/mol. The minimum Gasteiger partial charge on any atom is -0.497 e. The smallest absolute Gasteiger partial charge is 0.273 e. The van der Waals surface area contributed by atoms with Crippen LogP contribution in [0.5, 0.6) is 5.75 Å². The lowest BCUT2D eigenvalue weighted by atomic mass is 10.1. The summed E-state index contributed by atoms with van der Waals surface area (Å²) in [7, 11) is -3.03. The number of nitro benzene ring substituents is 1. The van der Waals surface area contributed by atoms with E-state index < -0.39 is 33.4 Å². The van der Waals surface area contributed by atoms with Gasteiger partial charge in [0.25, 0.3) is 15.7 Å². The lowest BCUT2D eigenvalue weighted by Crippen LogP contribution is -2.52. The molecular formula is C30H35BrN4O7S. The van der Waals surface area contributed by atoms with Gasteiger partial charge in [-0.3, -0.25) is 24.0 Å². The maximum atomic E-state index is 14.0. The lowest BCUT2D eigenvalue weighted by molar-refractivity contribution is -0.385. The van der Waals surface area contributed by atoms with E-state index in [1.54, 1.807) is 31.2 Å². The number of nitrogens with zero attached hydrogens (tertiary/aromatic N) is 3. The molecule has 0 unspecified atom stereocenters. The molecule has 3 aromatic carbocycles. The second kappa shape index (κ2) is 14.5. The van der Waals surface area contributed by atoms with Crippen molar-refractivity contribution in [2.24, 2.45) is 0 Å². The number of aryl methyl sites for hydroxylation is 1. The van der Waals surface area contributed by atoms with Crippen LogP contribution in [-0.2, 0) is 26.2 Å². The molecule has 0 aliphatic rings. The molecule has 0 radical (unpaired) electrons. The Labute approximate surface area is 260 Å². The molecule has 0 bridgehead atoms. The highest BCUT2D eigenvalue weighted by Gasteiger charge is 2.33. The Morgan fingerprint density at radius 2 is 1.74 bits per heavy atom. The fourth-order valence-electron chi connectivity index (χ4n) is 4.23. The van der Waals surface area contributed by atoms with Crippen molar-refractivity contribution in [2.75, 3.05) is 18.0 Å². The summed E-state index contributed by atoms with van der Waals surface area (Å²) >= 11 is 3.42. The number of nitro groups is 1. The summed E-state index contributed by atoms with van der Waals surface area (Å²) in [6, 6.07) is 15.8. The molecule has 0 fully saturated rings. The number of hydrogen-bond acceptors (Lipinski definition) is 7. The largest absolute Gasteiger partial charge is 0.497 e. The zero-order valence-electron chi connectivity index (χ0n) is 24.6. The summed E-state index contributed by atoms with van der Waals surface area (Å²) in [6.07, 6.45) is 0.685. The summed E-state index contributed by atoms with van der Waals surface area (Å²) in [5.74, 6) is -0.566. The van der Waals surface area contributed by atoms with E-state index in [9.17, 15) is 28.1 Å². The number of ether oxygens (including phenoxy) is 1.